The second-order valence-electron chi connectivity index (χ2n) is 5.33. The molecule has 2 heterocycles. The zero-order chi connectivity index (χ0) is 16.5. The number of aromatic nitrogens is 4. The molecule has 23 heavy (non-hydrogen) atoms. The Kier molecular flexibility index (Phi) is 6.99. The zero-order valence-electron chi connectivity index (χ0n) is 14.0. The molecule has 2 aromatic heterocycles. The van der Waals surface area contributed by atoms with Gasteiger partial charge in [0.05, 0.1) is 10.7 Å². The predicted molar refractivity (Wildman–Crippen MR) is 93.9 cm³/mol. The molecule has 0 fully saturated rings. The molecular formula is C15H25N7S. The highest BCUT2D eigenvalue weighted by molar-refractivity contribution is 7.11. The van der Waals surface area contributed by atoms with Crippen LogP contribution in [0.15, 0.2) is 17.6 Å². The van der Waals surface area contributed by atoms with E-state index in [4.69, 9.17) is 0 Å². The van der Waals surface area contributed by atoms with E-state index >= 15 is 0 Å². The second-order valence-corrected chi connectivity index (χ2v) is 6.62. The van der Waals surface area contributed by atoms with Gasteiger partial charge in [-0.2, -0.15) is 0 Å². The molecular weight excluding hydrogens is 310 g/mol. The normalized spacial score (nSPS) is 11.7. The topological polar surface area (TPSA) is 80.0 Å². The van der Waals surface area contributed by atoms with E-state index in [1.165, 1.54) is 9.88 Å². The van der Waals surface area contributed by atoms with E-state index in [1.807, 2.05) is 4.57 Å². The van der Waals surface area contributed by atoms with Crippen molar-refractivity contribution in [3.63, 3.8) is 0 Å². The van der Waals surface area contributed by atoms with Crippen LogP contribution in [0.2, 0.25) is 0 Å². The quantitative estimate of drug-likeness (QED) is 0.434. The van der Waals surface area contributed by atoms with E-state index in [2.05, 4.69) is 44.7 Å². The number of rotatable bonds is 8. The number of nitrogens with one attached hydrogen (secondary N) is 2. The van der Waals surface area contributed by atoms with Crippen LogP contribution < -0.4 is 10.6 Å². The number of aryl methyl sites for hydroxylation is 3. The van der Waals surface area contributed by atoms with Gasteiger partial charge < -0.3 is 15.2 Å². The lowest BCUT2D eigenvalue weighted by Crippen LogP contribution is -2.38. The Labute approximate surface area is 141 Å². The van der Waals surface area contributed by atoms with Crippen LogP contribution in [-0.2, 0) is 13.0 Å². The van der Waals surface area contributed by atoms with E-state index in [0.29, 0.717) is 0 Å². The summed E-state index contributed by atoms with van der Waals surface area (Å²) in [5, 5.41) is 15.4. The molecule has 0 aliphatic heterocycles. The van der Waals surface area contributed by atoms with Gasteiger partial charge in [0, 0.05) is 38.0 Å². The Bertz CT molecular complexity index is 584. The van der Waals surface area contributed by atoms with E-state index in [0.717, 1.165) is 50.6 Å². The summed E-state index contributed by atoms with van der Waals surface area (Å²) >= 11 is 1.77. The van der Waals surface area contributed by atoms with E-state index in [9.17, 15) is 0 Å². The molecule has 2 rings (SSSR count). The van der Waals surface area contributed by atoms with Gasteiger partial charge in [-0.05, 0) is 26.7 Å². The first kappa shape index (κ1) is 17.4. The molecule has 126 valence electrons. The lowest BCUT2D eigenvalue weighted by Gasteiger charge is -2.11. The summed E-state index contributed by atoms with van der Waals surface area (Å²) in [5.41, 5.74) is 1.14. The minimum Gasteiger partial charge on any atom is -0.356 e. The third-order valence-electron chi connectivity index (χ3n) is 3.53. The van der Waals surface area contributed by atoms with Crippen LogP contribution in [0, 0.1) is 13.8 Å². The smallest absolute Gasteiger partial charge is 0.190 e. The highest BCUT2D eigenvalue weighted by atomic mass is 32.1. The van der Waals surface area contributed by atoms with Crippen LogP contribution in [0.1, 0.15) is 28.4 Å². The minimum absolute atomic E-state index is 0.840. The molecule has 0 aromatic carbocycles. The van der Waals surface area contributed by atoms with Crippen LogP contribution in [0.25, 0.3) is 0 Å². The average Bonchev–Trinajstić information content (AvgIpc) is 3.16. The van der Waals surface area contributed by atoms with Crippen LogP contribution in [0.5, 0.6) is 0 Å². The fourth-order valence-corrected chi connectivity index (χ4v) is 3.05. The van der Waals surface area contributed by atoms with Crippen molar-refractivity contribution in [1.82, 2.24) is 30.4 Å². The zero-order valence-corrected chi connectivity index (χ0v) is 14.9. The third kappa shape index (κ3) is 5.97. The SMILES string of the molecule is CN=C(NCCCCn1cnnc1)NCCc1nc(C)c(C)s1. The van der Waals surface area contributed by atoms with Crippen molar-refractivity contribution in [2.24, 2.45) is 4.99 Å². The second kappa shape index (κ2) is 9.24. The van der Waals surface area contributed by atoms with Crippen LogP contribution in [0.4, 0.5) is 0 Å². The van der Waals surface area contributed by atoms with Crippen molar-refractivity contribution >= 4 is 17.3 Å². The Balaban J connectivity index is 1.58. The van der Waals surface area contributed by atoms with Gasteiger partial charge in [0.25, 0.3) is 0 Å². The molecule has 0 aliphatic carbocycles. The molecule has 0 spiro atoms. The lowest BCUT2D eigenvalue weighted by molar-refractivity contribution is 0.597. The third-order valence-corrected chi connectivity index (χ3v) is 4.66. The molecule has 0 radical (unpaired) electrons. The Morgan fingerprint density at radius 3 is 2.57 bits per heavy atom. The standard InChI is InChI=1S/C15H25N7S/c1-12-13(2)23-14(21-12)6-8-18-15(16-3)17-7-4-5-9-22-10-19-20-11-22/h10-11H,4-9H2,1-3H3,(H2,16,17,18). The minimum atomic E-state index is 0.840. The van der Waals surface area contributed by atoms with Crippen molar-refractivity contribution in [2.75, 3.05) is 20.1 Å². The van der Waals surface area contributed by atoms with Crippen molar-refractivity contribution in [3.8, 4) is 0 Å². The van der Waals surface area contributed by atoms with Gasteiger partial charge in [0.1, 0.15) is 12.7 Å². The Morgan fingerprint density at radius 1 is 1.17 bits per heavy atom. The molecule has 0 atom stereocenters. The van der Waals surface area contributed by atoms with Gasteiger partial charge in [0.2, 0.25) is 0 Å². The van der Waals surface area contributed by atoms with Gasteiger partial charge in [-0.15, -0.1) is 21.5 Å². The number of guanidine groups is 1. The maximum absolute atomic E-state index is 4.55. The molecule has 0 saturated heterocycles. The molecule has 0 unspecified atom stereocenters. The molecule has 8 heteroatoms. The summed E-state index contributed by atoms with van der Waals surface area (Å²) in [6.07, 6.45) is 6.57. The first-order valence-electron chi connectivity index (χ1n) is 7.89. The number of hydrogen-bond acceptors (Lipinski definition) is 5. The van der Waals surface area contributed by atoms with Gasteiger partial charge in [-0.3, -0.25) is 4.99 Å². The maximum atomic E-state index is 4.55. The van der Waals surface area contributed by atoms with Crippen molar-refractivity contribution in [1.29, 1.82) is 0 Å². The Hall–Kier alpha value is -1.96. The van der Waals surface area contributed by atoms with Crippen LogP contribution >= 0.6 is 11.3 Å². The highest BCUT2D eigenvalue weighted by Gasteiger charge is 2.04. The predicted octanol–water partition coefficient (Wildman–Crippen LogP) is 1.54. The fourth-order valence-electron chi connectivity index (χ4n) is 2.12. The van der Waals surface area contributed by atoms with Crippen molar-refractivity contribution in [2.45, 2.75) is 39.7 Å². The highest BCUT2D eigenvalue weighted by Crippen LogP contribution is 2.16. The number of unbranched alkanes of at least 4 members (excludes halogenated alkanes) is 1. The molecule has 2 N–H and O–H groups in total. The van der Waals surface area contributed by atoms with Crippen molar-refractivity contribution < 1.29 is 0 Å². The number of hydrogen-bond donors (Lipinski definition) is 2. The molecule has 0 bridgehead atoms. The summed E-state index contributed by atoms with van der Waals surface area (Å²) in [5.74, 6) is 0.847. The number of thiazole rings is 1. The Morgan fingerprint density at radius 2 is 1.91 bits per heavy atom. The largest absolute Gasteiger partial charge is 0.356 e. The summed E-state index contributed by atoms with van der Waals surface area (Å²) in [6, 6.07) is 0. The van der Waals surface area contributed by atoms with E-state index in [-0.39, 0.29) is 0 Å². The van der Waals surface area contributed by atoms with Crippen LogP contribution in [-0.4, -0.2) is 45.8 Å². The van der Waals surface area contributed by atoms with Gasteiger partial charge in [-0.1, -0.05) is 0 Å². The fraction of sp³-hybridized carbons (Fsp3) is 0.600. The summed E-state index contributed by atoms with van der Waals surface area (Å²) < 4.78 is 1.99. The molecule has 0 amide bonds. The molecule has 7 nitrogen and oxygen atoms in total. The average molecular weight is 335 g/mol. The number of nitrogens with zero attached hydrogens (tertiary/aromatic N) is 5. The number of aliphatic imine (C=N–C) groups is 1. The molecule has 2 aromatic rings. The molecule has 0 aliphatic rings. The molecule has 0 saturated carbocycles. The van der Waals surface area contributed by atoms with Crippen molar-refractivity contribution in [3.05, 3.63) is 28.2 Å². The summed E-state index contributed by atoms with van der Waals surface area (Å²) in [7, 11) is 1.80. The summed E-state index contributed by atoms with van der Waals surface area (Å²) in [6.45, 7) is 6.86. The summed E-state index contributed by atoms with van der Waals surface area (Å²) in [4.78, 5) is 10.1. The lowest BCUT2D eigenvalue weighted by atomic mass is 10.3. The first-order chi connectivity index (χ1) is 11.2. The van der Waals surface area contributed by atoms with Crippen LogP contribution in [0.3, 0.4) is 0 Å². The van der Waals surface area contributed by atoms with E-state index in [1.54, 1.807) is 31.0 Å². The monoisotopic (exact) mass is 335 g/mol. The van der Waals surface area contributed by atoms with Gasteiger partial charge in [-0.25, -0.2) is 4.98 Å². The van der Waals surface area contributed by atoms with Gasteiger partial charge in [0.15, 0.2) is 5.96 Å². The first-order valence-corrected chi connectivity index (χ1v) is 8.70. The van der Waals surface area contributed by atoms with E-state index < -0.39 is 0 Å². The maximum Gasteiger partial charge on any atom is 0.190 e. The van der Waals surface area contributed by atoms with Gasteiger partial charge >= 0.3 is 0 Å².